The first-order valence-corrected chi connectivity index (χ1v) is 8.20. The van der Waals surface area contributed by atoms with Crippen molar-refractivity contribution in [2.45, 2.75) is 13.1 Å². The molecule has 0 saturated heterocycles. The van der Waals surface area contributed by atoms with E-state index in [4.69, 9.17) is 23.2 Å². The summed E-state index contributed by atoms with van der Waals surface area (Å²) in [4.78, 5) is 17.6. The smallest absolute Gasteiger partial charge is 0.255 e. The molecular weight excluding hydrogens is 349 g/mol. The van der Waals surface area contributed by atoms with Gasteiger partial charge in [-0.15, -0.1) is 10.2 Å². The van der Waals surface area contributed by atoms with Gasteiger partial charge in [-0.05, 0) is 24.3 Å². The zero-order valence-electron chi connectivity index (χ0n) is 12.5. The fourth-order valence-electron chi connectivity index (χ4n) is 2.84. The van der Waals surface area contributed by atoms with Crippen LogP contribution in [-0.2, 0) is 13.1 Å². The van der Waals surface area contributed by atoms with Gasteiger partial charge < -0.3 is 14.5 Å². The molecule has 0 bridgehead atoms. The Hall–Kier alpha value is -2.31. The largest absolute Gasteiger partial charge is 0.359 e. The molecule has 0 aliphatic carbocycles. The van der Waals surface area contributed by atoms with Crippen LogP contribution in [0, 0.1) is 0 Å². The monoisotopic (exact) mass is 361 g/mol. The fourth-order valence-corrected chi connectivity index (χ4v) is 3.22. The van der Waals surface area contributed by atoms with Crippen LogP contribution < -0.4 is 0 Å². The summed E-state index contributed by atoms with van der Waals surface area (Å²) in [5.74, 6) is 1.37. The molecule has 6 nitrogen and oxygen atoms in total. The molecule has 0 atom stereocenters. The van der Waals surface area contributed by atoms with Gasteiger partial charge in [-0.3, -0.25) is 4.79 Å². The van der Waals surface area contributed by atoms with Crippen LogP contribution in [0.5, 0.6) is 0 Å². The molecule has 1 aromatic carbocycles. The number of carbonyl (C=O) groups is 1. The number of nitrogens with zero attached hydrogens (tertiary/aromatic N) is 4. The quantitative estimate of drug-likeness (QED) is 0.761. The van der Waals surface area contributed by atoms with Crippen molar-refractivity contribution in [3.8, 4) is 11.5 Å². The molecule has 0 spiro atoms. The minimum absolute atomic E-state index is 0.154. The van der Waals surface area contributed by atoms with Crippen LogP contribution in [0.2, 0.25) is 10.0 Å². The van der Waals surface area contributed by atoms with Gasteiger partial charge in [-0.1, -0.05) is 29.3 Å². The number of nitrogens with one attached hydrogen (secondary N) is 1. The van der Waals surface area contributed by atoms with Crippen molar-refractivity contribution in [3.63, 3.8) is 0 Å². The molecule has 8 heteroatoms. The molecule has 0 saturated carbocycles. The van der Waals surface area contributed by atoms with Gasteiger partial charge >= 0.3 is 0 Å². The maximum absolute atomic E-state index is 12.7. The van der Waals surface area contributed by atoms with Gasteiger partial charge in [0.05, 0.1) is 27.8 Å². The minimum atomic E-state index is -0.154. The first-order valence-electron chi connectivity index (χ1n) is 7.44. The molecule has 3 aromatic rings. The fraction of sp³-hybridized carbons (Fsp3) is 0.188. The van der Waals surface area contributed by atoms with Crippen LogP contribution in [-0.4, -0.2) is 37.1 Å². The minimum Gasteiger partial charge on any atom is -0.359 e. The van der Waals surface area contributed by atoms with Crippen LogP contribution in [0.1, 0.15) is 16.2 Å². The molecule has 1 amide bonds. The van der Waals surface area contributed by atoms with E-state index in [0.717, 1.165) is 17.3 Å². The van der Waals surface area contributed by atoms with Crippen molar-refractivity contribution in [3.05, 3.63) is 58.0 Å². The molecule has 1 aliphatic heterocycles. The Balaban J connectivity index is 1.61. The second-order valence-corrected chi connectivity index (χ2v) is 6.29. The Morgan fingerprint density at radius 2 is 2.00 bits per heavy atom. The van der Waals surface area contributed by atoms with Gasteiger partial charge in [0.25, 0.3) is 5.91 Å². The summed E-state index contributed by atoms with van der Waals surface area (Å²) in [5.41, 5.74) is 1.31. The van der Waals surface area contributed by atoms with Crippen LogP contribution in [0.25, 0.3) is 11.5 Å². The average Bonchev–Trinajstić information content (AvgIpc) is 3.25. The number of halogens is 2. The second kappa shape index (κ2) is 5.96. The lowest BCUT2D eigenvalue weighted by atomic mass is 10.2. The van der Waals surface area contributed by atoms with Crippen molar-refractivity contribution in [1.82, 2.24) is 24.6 Å². The Kier molecular flexibility index (Phi) is 3.78. The van der Waals surface area contributed by atoms with Crippen LogP contribution in [0.4, 0.5) is 0 Å². The molecule has 0 unspecified atom stereocenters. The topological polar surface area (TPSA) is 66.8 Å². The summed E-state index contributed by atoms with van der Waals surface area (Å²) in [5, 5.41) is 9.11. The number of benzene rings is 1. The zero-order chi connectivity index (χ0) is 16.7. The summed E-state index contributed by atoms with van der Waals surface area (Å²) < 4.78 is 2.02. The highest BCUT2D eigenvalue weighted by Gasteiger charge is 2.27. The van der Waals surface area contributed by atoms with E-state index in [-0.39, 0.29) is 10.9 Å². The van der Waals surface area contributed by atoms with E-state index in [1.807, 2.05) is 22.9 Å². The Morgan fingerprint density at radius 3 is 2.79 bits per heavy atom. The van der Waals surface area contributed by atoms with Gasteiger partial charge in [-0.25, -0.2) is 0 Å². The number of hydrogen-bond acceptors (Lipinski definition) is 3. The first kappa shape index (κ1) is 15.2. The van der Waals surface area contributed by atoms with Crippen molar-refractivity contribution < 1.29 is 4.79 Å². The number of carbonyl (C=O) groups excluding carboxylic acids is 1. The van der Waals surface area contributed by atoms with Gasteiger partial charge in [0.2, 0.25) is 0 Å². The first-order chi connectivity index (χ1) is 11.6. The van der Waals surface area contributed by atoms with Crippen LogP contribution >= 0.6 is 23.2 Å². The number of aromatic nitrogens is 4. The van der Waals surface area contributed by atoms with E-state index in [9.17, 15) is 4.79 Å². The highest BCUT2D eigenvalue weighted by Crippen LogP contribution is 2.28. The van der Waals surface area contributed by atoms with Crippen molar-refractivity contribution in [2.24, 2.45) is 0 Å². The molecule has 4 rings (SSSR count). The van der Waals surface area contributed by atoms with E-state index in [1.165, 1.54) is 0 Å². The molecular formula is C16H13Cl2N5O. The summed E-state index contributed by atoms with van der Waals surface area (Å²) >= 11 is 12.2. The van der Waals surface area contributed by atoms with Crippen molar-refractivity contribution in [2.75, 3.05) is 6.54 Å². The third-order valence-corrected chi connectivity index (χ3v) is 4.88. The Bertz CT molecular complexity index is 903. The normalized spacial score (nSPS) is 13.8. The lowest BCUT2D eigenvalue weighted by Crippen LogP contribution is -2.38. The predicted molar refractivity (Wildman–Crippen MR) is 91.0 cm³/mol. The van der Waals surface area contributed by atoms with Gasteiger partial charge in [-0.2, -0.15) is 0 Å². The molecule has 1 aliphatic rings. The molecule has 0 radical (unpaired) electrons. The Morgan fingerprint density at radius 1 is 1.12 bits per heavy atom. The molecule has 2 aromatic heterocycles. The molecule has 3 heterocycles. The molecule has 1 N–H and O–H groups in total. The predicted octanol–water partition coefficient (Wildman–Crippen LogP) is 3.24. The van der Waals surface area contributed by atoms with Crippen LogP contribution in [0.3, 0.4) is 0 Å². The van der Waals surface area contributed by atoms with E-state index in [2.05, 4.69) is 15.2 Å². The lowest BCUT2D eigenvalue weighted by molar-refractivity contribution is 0.0708. The van der Waals surface area contributed by atoms with E-state index in [0.29, 0.717) is 30.2 Å². The van der Waals surface area contributed by atoms with Gasteiger partial charge in [0, 0.05) is 19.3 Å². The third kappa shape index (κ3) is 2.48. The molecule has 122 valence electrons. The number of amides is 1. The summed E-state index contributed by atoms with van der Waals surface area (Å²) in [7, 11) is 0. The number of aromatic amines is 1. The van der Waals surface area contributed by atoms with Crippen LogP contribution in [0.15, 0.2) is 36.5 Å². The van der Waals surface area contributed by atoms with Crippen molar-refractivity contribution >= 4 is 29.1 Å². The number of rotatable bonds is 2. The van der Waals surface area contributed by atoms with Crippen molar-refractivity contribution in [1.29, 1.82) is 0 Å². The molecule has 0 fully saturated rings. The number of hydrogen-bond donors (Lipinski definition) is 1. The Labute approximate surface area is 148 Å². The highest BCUT2D eigenvalue weighted by molar-refractivity contribution is 6.43. The number of H-pyrrole nitrogens is 1. The summed E-state index contributed by atoms with van der Waals surface area (Å²) in [6.07, 6.45) is 1.84. The number of fused-ring (bicyclic) bond motifs is 1. The summed E-state index contributed by atoms with van der Waals surface area (Å²) in [6, 6.07) is 8.92. The molecule has 24 heavy (non-hydrogen) atoms. The highest BCUT2D eigenvalue weighted by atomic mass is 35.5. The van der Waals surface area contributed by atoms with E-state index >= 15 is 0 Å². The van der Waals surface area contributed by atoms with E-state index < -0.39 is 0 Å². The SMILES string of the molecule is O=C(c1cccc(Cl)c1Cl)N1CCn2c(nnc2-c2ccc[nH]2)C1. The van der Waals surface area contributed by atoms with Gasteiger partial charge in [0.15, 0.2) is 11.6 Å². The lowest BCUT2D eigenvalue weighted by Gasteiger charge is -2.28. The van der Waals surface area contributed by atoms with Gasteiger partial charge in [0.1, 0.15) is 0 Å². The average molecular weight is 362 g/mol. The standard InChI is InChI=1S/C16H13Cl2N5O/c17-11-4-1-3-10(14(11)18)16(24)22-7-8-23-13(9-22)20-21-15(23)12-5-2-6-19-12/h1-6,19H,7-9H2. The third-order valence-electron chi connectivity index (χ3n) is 4.06. The van der Waals surface area contributed by atoms with E-state index in [1.54, 1.807) is 23.1 Å². The zero-order valence-corrected chi connectivity index (χ0v) is 14.1. The maximum atomic E-state index is 12.7. The second-order valence-electron chi connectivity index (χ2n) is 5.50. The summed E-state index contributed by atoms with van der Waals surface area (Å²) in [6.45, 7) is 1.57. The maximum Gasteiger partial charge on any atom is 0.255 e.